The van der Waals surface area contributed by atoms with Gasteiger partial charge in [0.15, 0.2) is 22.3 Å². The maximum absolute atomic E-state index is 14.2. The minimum atomic E-state index is -1.61. The van der Waals surface area contributed by atoms with Crippen LogP contribution in [0.1, 0.15) is 51.8 Å². The monoisotopic (exact) mass is 740 g/mol. The zero-order valence-electron chi connectivity index (χ0n) is 27.6. The quantitative estimate of drug-likeness (QED) is 0.135. The molecule has 6 heterocycles. The van der Waals surface area contributed by atoms with Gasteiger partial charge in [0.1, 0.15) is 35.3 Å². The fraction of sp³-hybridized carbons (Fsp3) is 0.586. The second-order valence-corrected chi connectivity index (χ2v) is 15.1. The summed E-state index contributed by atoms with van der Waals surface area (Å²) in [5, 5.41) is 32.0. The van der Waals surface area contributed by atoms with Crippen LogP contribution in [0.15, 0.2) is 22.2 Å². The van der Waals surface area contributed by atoms with Crippen LogP contribution in [-0.2, 0) is 9.59 Å². The van der Waals surface area contributed by atoms with E-state index in [0.29, 0.717) is 6.42 Å². The zero-order valence-corrected chi connectivity index (χ0v) is 29.2. The number of halogens is 2. The molecule has 0 aliphatic carbocycles. The van der Waals surface area contributed by atoms with Gasteiger partial charge in [-0.1, -0.05) is 34.6 Å². The minimum Gasteiger partial charge on any atom is -0.395 e. The zero-order chi connectivity index (χ0) is 36.6. The molecular formula is C29H38F2N10O7S2. The third-order valence-electron chi connectivity index (χ3n) is 8.10. The van der Waals surface area contributed by atoms with Crippen LogP contribution >= 0.6 is 23.5 Å². The molecule has 21 heteroatoms. The Hall–Kier alpha value is -3.92. The lowest BCUT2D eigenvalue weighted by molar-refractivity contribution is -0.119. The van der Waals surface area contributed by atoms with Gasteiger partial charge in [0.25, 0.3) is 11.1 Å². The first-order valence-corrected chi connectivity index (χ1v) is 17.7. The Labute approximate surface area is 291 Å². The first-order chi connectivity index (χ1) is 23.7. The average Bonchev–Trinajstić information content (AvgIpc) is 3.82. The third-order valence-corrected chi connectivity index (χ3v) is 11.4. The van der Waals surface area contributed by atoms with Crippen molar-refractivity contribution in [3.8, 4) is 0 Å². The third kappa shape index (κ3) is 7.27. The normalized spacial score (nSPS) is 26.5. The van der Waals surface area contributed by atoms with Gasteiger partial charge in [-0.3, -0.25) is 48.9 Å². The molecule has 272 valence electrons. The summed E-state index contributed by atoms with van der Waals surface area (Å²) < 4.78 is 31.1. The van der Waals surface area contributed by atoms with E-state index in [2.05, 4.69) is 40.5 Å². The van der Waals surface area contributed by atoms with Crippen LogP contribution < -0.4 is 21.8 Å². The lowest BCUT2D eigenvalue weighted by Gasteiger charge is -2.16. The molecule has 0 bridgehead atoms. The molecule has 6 rings (SSSR count). The van der Waals surface area contributed by atoms with Crippen LogP contribution in [0.5, 0.6) is 0 Å². The number of nitrogens with one attached hydrogen (secondary N) is 4. The maximum Gasteiger partial charge on any atom is 0.280 e. The summed E-state index contributed by atoms with van der Waals surface area (Å²) in [6.45, 7) is 8.25. The Bertz CT molecular complexity index is 1840. The number of aliphatic hydroxyl groups excluding tert-OH is 3. The predicted octanol–water partition coefficient (Wildman–Crippen LogP) is 1.46. The van der Waals surface area contributed by atoms with Gasteiger partial charge in [-0.2, -0.15) is 9.97 Å². The number of hydrogen-bond donors (Lipinski definition) is 7. The number of rotatable bonds is 8. The molecule has 0 spiro atoms. The van der Waals surface area contributed by atoms with E-state index < -0.39 is 58.3 Å². The molecule has 50 heavy (non-hydrogen) atoms. The molecule has 8 atom stereocenters. The number of nitrogens with zero attached hydrogens (tertiary/aromatic N) is 6. The number of aromatic amines is 2. The number of imidazole rings is 2. The number of hydrogen-bond acceptors (Lipinski definition) is 13. The highest BCUT2D eigenvalue weighted by Gasteiger charge is 2.46. The Morgan fingerprint density at radius 3 is 1.56 bits per heavy atom. The number of fused-ring (bicyclic) bond motifs is 2. The first-order valence-electron chi connectivity index (χ1n) is 15.8. The second kappa shape index (κ2) is 15.1. The molecule has 2 saturated heterocycles. The van der Waals surface area contributed by atoms with E-state index in [9.17, 15) is 43.3 Å². The van der Waals surface area contributed by atoms with E-state index in [4.69, 9.17) is 0 Å². The maximum atomic E-state index is 14.2. The van der Waals surface area contributed by atoms with Crippen LogP contribution in [0.4, 0.5) is 20.7 Å². The molecule has 17 nitrogen and oxygen atoms in total. The molecule has 2 fully saturated rings. The topological polar surface area (TPSA) is 246 Å². The van der Waals surface area contributed by atoms with Crippen molar-refractivity contribution in [3.63, 3.8) is 0 Å². The highest BCUT2D eigenvalue weighted by atomic mass is 32.2. The molecule has 0 aromatic carbocycles. The number of carbonyl (C=O) groups is 2. The van der Waals surface area contributed by atoms with Gasteiger partial charge >= 0.3 is 0 Å². The minimum absolute atomic E-state index is 0.000670. The molecule has 4 aromatic rings. The highest BCUT2D eigenvalue weighted by Crippen LogP contribution is 2.46. The molecule has 2 unspecified atom stereocenters. The molecular weight excluding hydrogens is 703 g/mol. The number of carbonyl (C=O) groups excluding carboxylic acids is 2. The summed E-state index contributed by atoms with van der Waals surface area (Å²) >= 11 is 2.33. The molecule has 4 aromatic heterocycles. The van der Waals surface area contributed by atoms with Crippen molar-refractivity contribution in [3.05, 3.63) is 33.4 Å². The SMILES string of the molecule is CC(C)C(=O)Nc1nc2c(ncn2[C@@H]2S[C@H](CO)C(F)[C@@H]2O)c(=O)[nH]1.CC[C@H]1S[C@@H](n2cnc3c(=O)[nH]c(NC(=O)C(C)C)nc32)[C@@H](O)C1F. The van der Waals surface area contributed by atoms with Crippen molar-refractivity contribution >= 4 is 69.6 Å². The van der Waals surface area contributed by atoms with Gasteiger partial charge in [0.05, 0.1) is 24.5 Å². The van der Waals surface area contributed by atoms with Crippen molar-refractivity contribution in [1.82, 2.24) is 39.0 Å². The molecule has 7 N–H and O–H groups in total. The van der Waals surface area contributed by atoms with E-state index in [-0.39, 0.29) is 63.1 Å². The summed E-state index contributed by atoms with van der Waals surface area (Å²) in [5.74, 6) is -1.26. The Kier molecular flexibility index (Phi) is 11.3. The van der Waals surface area contributed by atoms with Gasteiger partial charge in [-0.15, -0.1) is 23.5 Å². The van der Waals surface area contributed by atoms with E-state index >= 15 is 0 Å². The van der Waals surface area contributed by atoms with Gasteiger partial charge in [0.2, 0.25) is 23.7 Å². The Balaban J connectivity index is 0.000000194. The van der Waals surface area contributed by atoms with Gasteiger partial charge in [-0.25, -0.2) is 18.7 Å². The fourth-order valence-electron chi connectivity index (χ4n) is 5.21. The molecule has 0 saturated carbocycles. The van der Waals surface area contributed by atoms with Crippen LogP contribution in [0, 0.1) is 11.8 Å². The van der Waals surface area contributed by atoms with E-state index in [0.717, 1.165) is 11.8 Å². The number of amides is 2. The van der Waals surface area contributed by atoms with Crippen molar-refractivity contribution in [2.45, 2.75) is 86.8 Å². The van der Waals surface area contributed by atoms with Gasteiger partial charge in [-0.05, 0) is 6.42 Å². The van der Waals surface area contributed by atoms with E-state index in [1.54, 1.807) is 27.7 Å². The van der Waals surface area contributed by atoms with Gasteiger partial charge in [0, 0.05) is 17.1 Å². The smallest absolute Gasteiger partial charge is 0.280 e. The number of thioether (sulfide) groups is 2. The largest absolute Gasteiger partial charge is 0.395 e. The van der Waals surface area contributed by atoms with Crippen LogP contribution in [0.25, 0.3) is 22.3 Å². The Morgan fingerprint density at radius 1 is 0.820 bits per heavy atom. The fourth-order valence-corrected chi connectivity index (χ4v) is 8.02. The molecule has 2 amide bonds. The van der Waals surface area contributed by atoms with E-state index in [1.165, 1.54) is 33.6 Å². The molecule has 2 aliphatic heterocycles. The lowest BCUT2D eigenvalue weighted by atomic mass is 10.1. The Morgan fingerprint density at radius 2 is 1.22 bits per heavy atom. The average molecular weight is 741 g/mol. The lowest BCUT2D eigenvalue weighted by Crippen LogP contribution is -2.29. The summed E-state index contributed by atoms with van der Waals surface area (Å²) in [6, 6.07) is 0. The summed E-state index contributed by atoms with van der Waals surface area (Å²) in [7, 11) is 0. The number of aromatic nitrogens is 8. The predicted molar refractivity (Wildman–Crippen MR) is 183 cm³/mol. The van der Waals surface area contributed by atoms with Crippen molar-refractivity contribution in [1.29, 1.82) is 0 Å². The summed E-state index contributed by atoms with van der Waals surface area (Å²) in [4.78, 5) is 69.2. The van der Waals surface area contributed by atoms with Gasteiger partial charge < -0.3 is 15.3 Å². The van der Waals surface area contributed by atoms with Crippen molar-refractivity contribution in [2.24, 2.45) is 11.8 Å². The van der Waals surface area contributed by atoms with Crippen LogP contribution in [0.3, 0.4) is 0 Å². The van der Waals surface area contributed by atoms with Crippen molar-refractivity contribution in [2.75, 3.05) is 17.2 Å². The number of anilines is 2. The molecule has 2 aliphatic rings. The van der Waals surface area contributed by atoms with E-state index in [1.807, 2.05) is 6.92 Å². The summed E-state index contributed by atoms with van der Waals surface area (Å²) in [6.07, 6.45) is -2.34. The van der Waals surface area contributed by atoms with Crippen molar-refractivity contribution < 1.29 is 33.7 Å². The summed E-state index contributed by atoms with van der Waals surface area (Å²) in [5.41, 5.74) is -0.669. The van der Waals surface area contributed by atoms with Crippen LogP contribution in [-0.4, -0.2) is 108 Å². The number of H-pyrrole nitrogens is 2. The number of alkyl halides is 2. The first kappa shape index (κ1) is 37.3. The number of aliphatic hydroxyl groups is 3. The standard InChI is InChI=1S/C15H20FN5O3S.C14H18FN5O4S/c1-4-7-8(16)10(22)14(25-7)21-5-17-9-11(21)18-15(20-13(9)24)19-12(23)6(2)3;1-5(2)11(23)18-14-17-10-8(12(24)19-14)16-4-20(10)13-9(22)7(15)6(3-21)25-13/h5-8,10,14,22H,4H2,1-3H3,(H2,18,19,20,23,24);4-7,9,13,21-22H,3H2,1-2H3,(H2,17,18,19,23,24)/t7-,8?,10+,14-;6-,7?,9+,13-/m11/s1. The molecule has 0 radical (unpaired) electrons. The second-order valence-electron chi connectivity index (χ2n) is 12.4. The highest BCUT2D eigenvalue weighted by molar-refractivity contribution is 8.00. The van der Waals surface area contributed by atoms with Crippen LogP contribution in [0.2, 0.25) is 0 Å².